The number of amides is 2. The molecule has 1 N–H and O–H groups in total. The Morgan fingerprint density at radius 3 is 2.57 bits per heavy atom. The first kappa shape index (κ1) is 19.7. The highest BCUT2D eigenvalue weighted by Crippen LogP contribution is 2.36. The molecule has 1 heterocycles. The third kappa shape index (κ3) is 4.09. The van der Waals surface area contributed by atoms with E-state index in [1.807, 2.05) is 26.0 Å². The summed E-state index contributed by atoms with van der Waals surface area (Å²) in [4.78, 5) is 37.6. The third-order valence-electron chi connectivity index (χ3n) is 4.36. The van der Waals surface area contributed by atoms with Crippen molar-refractivity contribution in [3.63, 3.8) is 0 Å². The molecule has 1 unspecified atom stereocenters. The van der Waals surface area contributed by atoms with Gasteiger partial charge >= 0.3 is 5.97 Å². The van der Waals surface area contributed by atoms with E-state index in [4.69, 9.17) is 9.84 Å². The summed E-state index contributed by atoms with van der Waals surface area (Å²) < 4.78 is 5.35. The Hall–Kier alpha value is -3.06. The molecule has 1 aliphatic rings. The van der Waals surface area contributed by atoms with E-state index in [9.17, 15) is 14.4 Å². The van der Waals surface area contributed by atoms with Gasteiger partial charge < -0.3 is 9.84 Å². The van der Waals surface area contributed by atoms with Crippen LogP contribution >= 0.6 is 11.8 Å². The Kier molecular flexibility index (Phi) is 5.56. The molecule has 7 heteroatoms. The molecule has 0 aromatic heterocycles. The molecule has 28 heavy (non-hydrogen) atoms. The van der Waals surface area contributed by atoms with Crippen molar-refractivity contribution in [2.45, 2.75) is 26.9 Å². The first-order chi connectivity index (χ1) is 13.3. The van der Waals surface area contributed by atoms with Gasteiger partial charge in [-0.05, 0) is 79.6 Å². The van der Waals surface area contributed by atoms with E-state index >= 15 is 0 Å². The van der Waals surface area contributed by atoms with Crippen LogP contribution in [0.2, 0.25) is 0 Å². The molecule has 0 radical (unpaired) electrons. The lowest BCUT2D eigenvalue weighted by atomic mass is 10.1. The maximum atomic E-state index is 12.8. The fourth-order valence-electron chi connectivity index (χ4n) is 2.64. The molecular formula is C21H19NO5S. The Labute approximate surface area is 166 Å². The minimum atomic E-state index is -1.07. The summed E-state index contributed by atoms with van der Waals surface area (Å²) >= 11 is 0.870. The molecule has 0 bridgehead atoms. The molecule has 0 aliphatic carbocycles. The number of anilines is 1. The highest BCUT2D eigenvalue weighted by Gasteiger charge is 2.36. The largest absolute Gasteiger partial charge is 0.479 e. The maximum absolute atomic E-state index is 12.8. The number of benzene rings is 2. The van der Waals surface area contributed by atoms with Gasteiger partial charge in [-0.25, -0.2) is 9.69 Å². The smallest absolute Gasteiger partial charge is 0.344 e. The molecular weight excluding hydrogens is 378 g/mol. The fourth-order valence-corrected chi connectivity index (χ4v) is 3.48. The second-order valence-corrected chi connectivity index (χ2v) is 7.45. The molecule has 0 saturated carbocycles. The Bertz CT molecular complexity index is 998. The zero-order valence-corrected chi connectivity index (χ0v) is 16.4. The molecule has 1 atom stereocenters. The summed E-state index contributed by atoms with van der Waals surface area (Å²) in [6.45, 7) is 5.33. The van der Waals surface area contributed by atoms with Crippen molar-refractivity contribution in [1.82, 2.24) is 0 Å². The van der Waals surface area contributed by atoms with Crippen molar-refractivity contribution in [2.24, 2.45) is 0 Å². The van der Waals surface area contributed by atoms with Crippen LogP contribution in [0.3, 0.4) is 0 Å². The van der Waals surface area contributed by atoms with E-state index in [0.29, 0.717) is 21.9 Å². The fraction of sp³-hybridized carbons (Fsp3) is 0.190. The van der Waals surface area contributed by atoms with E-state index in [-0.39, 0.29) is 11.1 Å². The van der Waals surface area contributed by atoms with Crippen molar-refractivity contribution < 1.29 is 24.2 Å². The van der Waals surface area contributed by atoms with Crippen molar-refractivity contribution in [1.29, 1.82) is 0 Å². The van der Waals surface area contributed by atoms with Gasteiger partial charge in [-0.15, -0.1) is 0 Å². The number of nitrogens with zero attached hydrogens (tertiary/aromatic N) is 1. The number of carbonyl (C=O) groups excluding carboxylic acids is 2. The highest BCUT2D eigenvalue weighted by atomic mass is 32.2. The maximum Gasteiger partial charge on any atom is 0.344 e. The number of aryl methyl sites for hydroxylation is 2. The molecule has 6 nitrogen and oxygen atoms in total. The van der Waals surface area contributed by atoms with Gasteiger partial charge in [0.1, 0.15) is 5.75 Å². The Balaban J connectivity index is 1.85. The van der Waals surface area contributed by atoms with Crippen LogP contribution in [-0.2, 0) is 9.59 Å². The summed E-state index contributed by atoms with van der Waals surface area (Å²) in [5, 5.41) is 8.60. The Morgan fingerprint density at radius 2 is 1.89 bits per heavy atom. The van der Waals surface area contributed by atoms with Crippen LogP contribution in [0.15, 0.2) is 47.4 Å². The van der Waals surface area contributed by atoms with Gasteiger partial charge in [-0.2, -0.15) is 0 Å². The van der Waals surface area contributed by atoms with E-state index < -0.39 is 12.1 Å². The normalized spacial score (nSPS) is 16.5. The van der Waals surface area contributed by atoms with Crippen molar-refractivity contribution >= 4 is 40.6 Å². The quantitative estimate of drug-likeness (QED) is 0.753. The molecule has 144 valence electrons. The van der Waals surface area contributed by atoms with E-state index in [2.05, 4.69) is 0 Å². The van der Waals surface area contributed by atoms with Crippen molar-refractivity contribution in [3.8, 4) is 5.75 Å². The van der Waals surface area contributed by atoms with E-state index in [0.717, 1.165) is 27.8 Å². The van der Waals surface area contributed by atoms with E-state index in [1.165, 1.54) is 6.92 Å². The number of hydrogen-bond donors (Lipinski definition) is 1. The number of ether oxygens (including phenoxy) is 1. The standard InChI is InChI=1S/C21H19NO5S/c1-12-7-8-16(9-13(12)2)22-19(23)18(28-21(22)26)11-15-5-4-6-17(10-15)27-14(3)20(24)25/h4-11,14H,1-3H3,(H,24,25)/b18-11+. The lowest BCUT2D eigenvalue weighted by Crippen LogP contribution is -2.27. The topological polar surface area (TPSA) is 83.9 Å². The Morgan fingerprint density at radius 1 is 1.14 bits per heavy atom. The molecule has 1 aliphatic heterocycles. The number of rotatable bonds is 5. The van der Waals surface area contributed by atoms with Gasteiger partial charge in [-0.3, -0.25) is 9.59 Å². The van der Waals surface area contributed by atoms with Crippen LogP contribution in [0.1, 0.15) is 23.6 Å². The van der Waals surface area contributed by atoms with E-state index in [1.54, 1.807) is 36.4 Å². The first-order valence-corrected chi connectivity index (χ1v) is 9.42. The zero-order chi connectivity index (χ0) is 20.4. The molecule has 0 spiro atoms. The number of thioether (sulfide) groups is 1. The summed E-state index contributed by atoms with van der Waals surface area (Å²) in [5.74, 6) is -1.08. The van der Waals surface area contributed by atoms with Gasteiger partial charge in [0, 0.05) is 0 Å². The number of aliphatic carboxylic acids is 1. The average Bonchev–Trinajstić information content (AvgIpc) is 2.91. The molecule has 1 fully saturated rings. The van der Waals surface area contributed by atoms with Crippen molar-refractivity contribution in [3.05, 3.63) is 64.1 Å². The average molecular weight is 397 g/mol. The van der Waals surface area contributed by atoms with Crippen molar-refractivity contribution in [2.75, 3.05) is 4.90 Å². The van der Waals surface area contributed by atoms with Crippen LogP contribution in [-0.4, -0.2) is 28.3 Å². The van der Waals surface area contributed by atoms with Crippen LogP contribution < -0.4 is 9.64 Å². The molecule has 2 amide bonds. The number of carboxylic acids is 1. The number of carboxylic acid groups (broad SMARTS) is 1. The second kappa shape index (κ2) is 7.90. The van der Waals surface area contributed by atoms with Gasteiger partial charge in [0.25, 0.3) is 11.1 Å². The monoisotopic (exact) mass is 397 g/mol. The number of imide groups is 1. The van der Waals surface area contributed by atoms with Gasteiger partial charge in [0.05, 0.1) is 10.6 Å². The highest BCUT2D eigenvalue weighted by molar-refractivity contribution is 8.19. The second-order valence-electron chi connectivity index (χ2n) is 6.46. The zero-order valence-electron chi connectivity index (χ0n) is 15.6. The van der Waals surface area contributed by atoms with Gasteiger partial charge in [0.2, 0.25) is 0 Å². The number of carbonyl (C=O) groups is 3. The van der Waals surface area contributed by atoms with Crippen LogP contribution in [0.4, 0.5) is 10.5 Å². The lowest BCUT2D eigenvalue weighted by molar-refractivity contribution is -0.144. The molecule has 3 rings (SSSR count). The summed E-state index contributed by atoms with van der Waals surface area (Å²) in [5.41, 5.74) is 3.26. The minimum absolute atomic E-state index is 0.298. The van der Waals surface area contributed by atoms with Gasteiger partial charge in [0.15, 0.2) is 6.10 Å². The minimum Gasteiger partial charge on any atom is -0.479 e. The summed E-state index contributed by atoms with van der Waals surface area (Å²) in [6.07, 6.45) is 0.608. The predicted octanol–water partition coefficient (Wildman–Crippen LogP) is 4.40. The van der Waals surface area contributed by atoms with Crippen LogP contribution in [0.5, 0.6) is 5.75 Å². The first-order valence-electron chi connectivity index (χ1n) is 8.61. The number of hydrogen-bond acceptors (Lipinski definition) is 5. The SMILES string of the molecule is Cc1ccc(N2C(=O)S/C(=C/c3cccc(OC(C)C(=O)O)c3)C2=O)cc1C. The molecule has 1 saturated heterocycles. The summed E-state index contributed by atoms with van der Waals surface area (Å²) in [6, 6.07) is 12.2. The predicted molar refractivity (Wildman–Crippen MR) is 109 cm³/mol. The summed E-state index contributed by atoms with van der Waals surface area (Å²) in [7, 11) is 0. The van der Waals surface area contributed by atoms with Crippen LogP contribution in [0.25, 0.3) is 6.08 Å². The van der Waals surface area contributed by atoms with Crippen LogP contribution in [0, 0.1) is 13.8 Å². The van der Waals surface area contributed by atoms with Gasteiger partial charge in [-0.1, -0.05) is 18.2 Å². The third-order valence-corrected chi connectivity index (χ3v) is 5.23. The lowest BCUT2D eigenvalue weighted by Gasteiger charge is -2.14. The molecule has 2 aromatic rings. The molecule has 2 aromatic carbocycles.